The highest BCUT2D eigenvalue weighted by Gasteiger charge is 2.24. The maximum atomic E-state index is 11.6. The number of benzene rings is 1. The van der Waals surface area contributed by atoms with Crippen molar-refractivity contribution in [1.82, 2.24) is 0 Å². The van der Waals surface area contributed by atoms with Crippen molar-refractivity contribution >= 4 is 15.9 Å². The van der Waals surface area contributed by atoms with E-state index in [4.69, 9.17) is 0 Å². The number of Topliss-reactive ketones (excluding diaryl/α,β-unsaturated/α-hetero) is 1. The lowest BCUT2D eigenvalue weighted by molar-refractivity contribution is 0.101. The first kappa shape index (κ1) is 13.9. The van der Waals surface area contributed by atoms with E-state index in [1.807, 2.05) is 0 Å². The molecule has 0 fully saturated rings. The number of rotatable bonds is 2. The first-order valence-corrected chi connectivity index (χ1v) is 6.61. The van der Waals surface area contributed by atoms with Crippen LogP contribution in [0.25, 0.3) is 0 Å². The van der Waals surface area contributed by atoms with Gasteiger partial charge in [-0.15, -0.1) is 0 Å². The van der Waals surface area contributed by atoms with Gasteiger partial charge in [0.05, 0.1) is 0 Å². The fourth-order valence-corrected chi connectivity index (χ4v) is 3.26. The molecule has 0 unspecified atom stereocenters. The van der Waals surface area contributed by atoms with Gasteiger partial charge in [0, 0.05) is 5.56 Å². The molecular weight excluding hydrogens is 240 g/mol. The molecule has 0 saturated carbocycles. The minimum Gasteiger partial charge on any atom is -0.294 e. The van der Waals surface area contributed by atoms with Gasteiger partial charge in [0.1, 0.15) is 4.90 Å². The van der Waals surface area contributed by atoms with E-state index in [-0.39, 0.29) is 10.7 Å². The highest BCUT2D eigenvalue weighted by molar-refractivity contribution is 7.86. The summed E-state index contributed by atoms with van der Waals surface area (Å²) in [5.74, 6) is -0.201. The number of ketones is 1. The normalized spacial score (nSPS) is 11.6. The topological polar surface area (TPSA) is 71.4 Å². The van der Waals surface area contributed by atoms with Crippen molar-refractivity contribution in [3.05, 3.63) is 27.8 Å². The van der Waals surface area contributed by atoms with Crippen molar-refractivity contribution in [3.63, 3.8) is 0 Å². The molecule has 94 valence electrons. The van der Waals surface area contributed by atoms with Crippen LogP contribution in [0.2, 0.25) is 0 Å². The average Bonchev–Trinajstić information content (AvgIpc) is 2.11. The first-order chi connectivity index (χ1) is 7.59. The van der Waals surface area contributed by atoms with Crippen LogP contribution in [-0.4, -0.2) is 18.8 Å². The van der Waals surface area contributed by atoms with Gasteiger partial charge < -0.3 is 0 Å². The second-order valence-electron chi connectivity index (χ2n) is 4.24. The van der Waals surface area contributed by atoms with E-state index in [1.54, 1.807) is 27.7 Å². The quantitative estimate of drug-likeness (QED) is 0.651. The van der Waals surface area contributed by atoms with Gasteiger partial charge >= 0.3 is 0 Å². The molecule has 1 N–H and O–H groups in total. The average molecular weight is 256 g/mol. The summed E-state index contributed by atoms with van der Waals surface area (Å²) in [7, 11) is -4.31. The number of hydrogen-bond donors (Lipinski definition) is 1. The third-order valence-electron chi connectivity index (χ3n) is 3.17. The zero-order valence-electron chi connectivity index (χ0n) is 10.6. The number of carbonyl (C=O) groups excluding carboxylic acids is 1. The van der Waals surface area contributed by atoms with Crippen LogP contribution in [-0.2, 0) is 10.1 Å². The molecule has 0 bridgehead atoms. The SMILES string of the molecule is CC(=O)c1c(C)c(C)c(C)c(S(=O)(=O)O)c1C. The standard InChI is InChI=1S/C12H16O4S/c1-6-7(2)11(10(5)13)9(4)12(8(6)3)17(14,15)16/h1-5H3,(H,14,15,16). The summed E-state index contributed by atoms with van der Waals surface area (Å²) < 4.78 is 31.9. The predicted octanol–water partition coefficient (Wildman–Crippen LogP) is 2.37. The van der Waals surface area contributed by atoms with Crippen LogP contribution in [0.1, 0.15) is 39.5 Å². The van der Waals surface area contributed by atoms with Gasteiger partial charge in [-0.3, -0.25) is 9.35 Å². The summed E-state index contributed by atoms with van der Waals surface area (Å²) >= 11 is 0. The van der Waals surface area contributed by atoms with E-state index in [2.05, 4.69) is 0 Å². The Morgan fingerprint density at radius 1 is 0.941 bits per heavy atom. The lowest BCUT2D eigenvalue weighted by Gasteiger charge is -2.17. The van der Waals surface area contributed by atoms with Crippen molar-refractivity contribution in [2.24, 2.45) is 0 Å². The Labute approximate surface area is 101 Å². The molecule has 0 heterocycles. The summed E-state index contributed by atoms with van der Waals surface area (Å²) in [6.45, 7) is 8.07. The van der Waals surface area contributed by atoms with E-state index >= 15 is 0 Å². The van der Waals surface area contributed by atoms with Crippen LogP contribution in [0.15, 0.2) is 4.90 Å². The number of carbonyl (C=O) groups is 1. The van der Waals surface area contributed by atoms with E-state index in [0.717, 1.165) is 5.56 Å². The molecule has 0 aliphatic carbocycles. The van der Waals surface area contributed by atoms with Gasteiger partial charge in [-0.05, 0) is 56.9 Å². The van der Waals surface area contributed by atoms with Crippen LogP contribution >= 0.6 is 0 Å². The van der Waals surface area contributed by atoms with Gasteiger partial charge in [-0.2, -0.15) is 8.42 Å². The Balaban J connectivity index is 3.95. The molecule has 0 aliphatic rings. The van der Waals surface area contributed by atoms with E-state index < -0.39 is 10.1 Å². The molecule has 1 aromatic carbocycles. The molecule has 0 amide bonds. The van der Waals surface area contributed by atoms with Crippen LogP contribution in [0.5, 0.6) is 0 Å². The van der Waals surface area contributed by atoms with Crippen LogP contribution in [0, 0.1) is 27.7 Å². The van der Waals surface area contributed by atoms with E-state index in [9.17, 15) is 17.8 Å². The van der Waals surface area contributed by atoms with Crippen molar-refractivity contribution < 1.29 is 17.8 Å². The molecule has 0 aliphatic heterocycles. The van der Waals surface area contributed by atoms with Gasteiger partial charge in [-0.1, -0.05) is 0 Å². The summed E-state index contributed by atoms with van der Waals surface area (Å²) in [5.41, 5.74) is 2.67. The summed E-state index contributed by atoms with van der Waals surface area (Å²) in [6.07, 6.45) is 0. The van der Waals surface area contributed by atoms with Crippen molar-refractivity contribution in [3.8, 4) is 0 Å². The fraction of sp³-hybridized carbons (Fsp3) is 0.417. The largest absolute Gasteiger partial charge is 0.295 e. The molecule has 0 radical (unpaired) electrons. The zero-order chi connectivity index (χ0) is 13.5. The predicted molar refractivity (Wildman–Crippen MR) is 65.2 cm³/mol. The van der Waals surface area contributed by atoms with Crippen molar-refractivity contribution in [1.29, 1.82) is 0 Å². The molecule has 0 spiro atoms. The minimum atomic E-state index is -4.31. The summed E-state index contributed by atoms with van der Waals surface area (Å²) in [6, 6.07) is 0. The smallest absolute Gasteiger partial charge is 0.294 e. The molecule has 1 aromatic rings. The number of hydrogen-bond acceptors (Lipinski definition) is 3. The third-order valence-corrected chi connectivity index (χ3v) is 4.29. The highest BCUT2D eigenvalue weighted by Crippen LogP contribution is 2.30. The molecule has 5 heteroatoms. The monoisotopic (exact) mass is 256 g/mol. The molecule has 0 saturated heterocycles. The summed E-state index contributed by atoms with van der Waals surface area (Å²) in [4.78, 5) is 11.4. The maximum absolute atomic E-state index is 11.6. The molecular formula is C12H16O4S. The Hall–Kier alpha value is -1.20. The van der Waals surface area contributed by atoms with Crippen LogP contribution in [0.4, 0.5) is 0 Å². The van der Waals surface area contributed by atoms with E-state index in [0.29, 0.717) is 22.3 Å². The molecule has 1 rings (SSSR count). The van der Waals surface area contributed by atoms with Crippen molar-refractivity contribution in [2.75, 3.05) is 0 Å². The Kier molecular flexibility index (Phi) is 3.45. The fourth-order valence-electron chi connectivity index (χ4n) is 2.23. The lowest BCUT2D eigenvalue weighted by atomic mass is 9.92. The highest BCUT2D eigenvalue weighted by atomic mass is 32.2. The van der Waals surface area contributed by atoms with Gasteiger partial charge in [0.25, 0.3) is 10.1 Å². The van der Waals surface area contributed by atoms with Crippen LogP contribution < -0.4 is 0 Å². The Morgan fingerprint density at radius 2 is 1.41 bits per heavy atom. The van der Waals surface area contributed by atoms with Gasteiger partial charge in [-0.25, -0.2) is 0 Å². The van der Waals surface area contributed by atoms with Crippen LogP contribution in [0.3, 0.4) is 0 Å². The van der Waals surface area contributed by atoms with Gasteiger partial charge in [0.15, 0.2) is 5.78 Å². The molecule has 0 aromatic heterocycles. The van der Waals surface area contributed by atoms with E-state index in [1.165, 1.54) is 6.92 Å². The second kappa shape index (κ2) is 4.23. The third kappa shape index (κ3) is 2.25. The van der Waals surface area contributed by atoms with Crippen molar-refractivity contribution in [2.45, 2.75) is 39.5 Å². The maximum Gasteiger partial charge on any atom is 0.295 e. The zero-order valence-corrected chi connectivity index (χ0v) is 11.4. The van der Waals surface area contributed by atoms with Gasteiger partial charge in [0.2, 0.25) is 0 Å². The minimum absolute atomic E-state index is 0.147. The molecule has 17 heavy (non-hydrogen) atoms. The molecule has 0 atom stereocenters. The first-order valence-electron chi connectivity index (χ1n) is 5.17. The lowest BCUT2D eigenvalue weighted by Crippen LogP contribution is -2.12. The second-order valence-corrected chi connectivity index (χ2v) is 5.59. The Morgan fingerprint density at radius 3 is 1.76 bits per heavy atom. The Bertz CT molecular complexity index is 598. The molecule has 4 nitrogen and oxygen atoms in total. The summed E-state index contributed by atoms with van der Waals surface area (Å²) in [5, 5.41) is 0.